The van der Waals surface area contributed by atoms with Crippen molar-refractivity contribution >= 4 is 19.8 Å². The minimum absolute atomic E-state index is 0.0503. The lowest BCUT2D eigenvalue weighted by atomic mass is 10.1. The van der Waals surface area contributed by atoms with Crippen molar-refractivity contribution < 1.29 is 46.8 Å². The number of carbonyl (C=O) groups is 2. The summed E-state index contributed by atoms with van der Waals surface area (Å²) in [4.78, 5) is 37.5. The van der Waals surface area contributed by atoms with Crippen LogP contribution in [0.5, 0.6) is 0 Å². The van der Waals surface area contributed by atoms with Crippen molar-refractivity contribution in [2.75, 3.05) is 47.5 Å². The molecule has 0 aromatic carbocycles. The van der Waals surface area contributed by atoms with Gasteiger partial charge in [-0.15, -0.1) is 0 Å². The lowest BCUT2D eigenvalue weighted by molar-refractivity contribution is -0.870. The molecule has 1 saturated heterocycles. The van der Waals surface area contributed by atoms with E-state index in [4.69, 9.17) is 23.3 Å². The maximum atomic E-state index is 12.7. The topological polar surface area (TPSA) is 124 Å². The molecule has 0 spiro atoms. The van der Waals surface area contributed by atoms with Crippen molar-refractivity contribution in [1.29, 1.82) is 0 Å². The second-order valence-corrected chi connectivity index (χ2v) is 17.1. The number of nitrogens with zero attached hydrogens (tertiary/aromatic N) is 1. The van der Waals surface area contributed by atoms with Gasteiger partial charge in [0.2, 0.25) is 0 Å². The number of allylic oxidation sites excluding steroid dienone is 11. The SMILES string of the molecule is CC/C=C\C/C=C\C/C=C\C/C=C\C/C=C\CCCC(=O)O[C@H](COC(=O)CCCCCCCC1OC1C/C=C\CCCCC)COP(=O)([O-])OCC[N+](C)(C)C. The molecule has 0 aromatic heterocycles. The normalized spacial score (nSPS) is 17.9. The number of phosphoric acid groups is 1. The number of rotatable bonds is 37. The number of unbranched alkanes of at least 4 members (excludes halogenated alkanes) is 8. The van der Waals surface area contributed by atoms with E-state index in [0.717, 1.165) is 77.0 Å². The molecule has 10 nitrogen and oxygen atoms in total. The summed E-state index contributed by atoms with van der Waals surface area (Å²) < 4.78 is 39.6. The van der Waals surface area contributed by atoms with Crippen molar-refractivity contribution in [3.63, 3.8) is 0 Å². The second kappa shape index (κ2) is 34.3. The summed E-state index contributed by atoms with van der Waals surface area (Å²) in [6.07, 6.45) is 43.8. The van der Waals surface area contributed by atoms with Crippen LogP contribution in [0.25, 0.3) is 0 Å². The highest BCUT2D eigenvalue weighted by Gasteiger charge is 2.36. The number of likely N-dealkylation sites (N-methyl/N-ethyl adjacent to an activating group) is 1. The fourth-order valence-electron chi connectivity index (χ4n) is 5.64. The molecule has 1 rings (SSSR count). The molecule has 0 N–H and O–H groups in total. The molecule has 1 fully saturated rings. The molecule has 0 bridgehead atoms. The fraction of sp³-hybridized carbons (Fsp3) is 0.696. The molecule has 0 radical (unpaired) electrons. The van der Waals surface area contributed by atoms with Gasteiger partial charge in [0.25, 0.3) is 7.82 Å². The standard InChI is InChI=1S/C46H78NO9P/c1-6-8-10-12-14-15-16-17-18-19-20-21-22-23-24-28-33-37-46(49)55-42(41-54-57(50,51)53-39-38-47(3,4)5)40-52-45(48)36-32-29-25-27-31-35-44-43(56-44)34-30-26-13-11-9-7-2/h8,10,14-15,17-18,20-21,23-24,26,30,42-44H,6-7,9,11-13,16,19,22,25,27-29,31-41H2,1-5H3/b10-8-,15-14-,18-17-,21-20-,24-23-,30-26-/t42-,43?,44?/m1/s1. The van der Waals surface area contributed by atoms with Crippen LogP contribution in [0.2, 0.25) is 0 Å². The predicted octanol–water partition coefficient (Wildman–Crippen LogP) is 10.6. The average Bonchev–Trinajstić information content (AvgIpc) is 3.92. The first kappa shape index (κ1) is 52.4. The average molecular weight is 820 g/mol. The van der Waals surface area contributed by atoms with E-state index in [9.17, 15) is 19.0 Å². The van der Waals surface area contributed by atoms with E-state index in [-0.39, 0.29) is 26.1 Å². The van der Waals surface area contributed by atoms with Gasteiger partial charge >= 0.3 is 11.9 Å². The smallest absolute Gasteiger partial charge is 0.306 e. The van der Waals surface area contributed by atoms with Gasteiger partial charge in [0.1, 0.15) is 19.8 Å². The Hall–Kier alpha value is -2.59. The third-order valence-electron chi connectivity index (χ3n) is 9.13. The highest BCUT2D eigenvalue weighted by Crippen LogP contribution is 2.38. The molecule has 326 valence electrons. The van der Waals surface area contributed by atoms with Crippen LogP contribution >= 0.6 is 7.82 Å². The van der Waals surface area contributed by atoms with Crippen molar-refractivity contribution in [2.24, 2.45) is 0 Å². The van der Waals surface area contributed by atoms with Crippen LogP contribution in [0.1, 0.15) is 142 Å². The molecule has 57 heavy (non-hydrogen) atoms. The van der Waals surface area contributed by atoms with Crippen LogP contribution in [-0.4, -0.2) is 82.2 Å². The molecule has 0 amide bonds. The van der Waals surface area contributed by atoms with Gasteiger partial charge in [0, 0.05) is 12.8 Å². The summed E-state index contributed by atoms with van der Waals surface area (Å²) >= 11 is 0. The van der Waals surface area contributed by atoms with E-state index in [2.05, 4.69) is 80.7 Å². The predicted molar refractivity (Wildman–Crippen MR) is 230 cm³/mol. The van der Waals surface area contributed by atoms with Gasteiger partial charge in [0.05, 0.1) is 40.0 Å². The zero-order valence-corrected chi connectivity index (χ0v) is 37.1. The van der Waals surface area contributed by atoms with Gasteiger partial charge < -0.3 is 32.6 Å². The van der Waals surface area contributed by atoms with E-state index in [1.165, 1.54) is 19.3 Å². The maximum Gasteiger partial charge on any atom is 0.306 e. The van der Waals surface area contributed by atoms with Crippen LogP contribution in [0.15, 0.2) is 72.9 Å². The molecule has 1 heterocycles. The van der Waals surface area contributed by atoms with E-state index in [1.807, 2.05) is 27.2 Å². The van der Waals surface area contributed by atoms with Gasteiger partial charge in [-0.1, -0.05) is 125 Å². The summed E-state index contributed by atoms with van der Waals surface area (Å²) in [5.74, 6) is -0.934. The van der Waals surface area contributed by atoms with Crippen LogP contribution in [0.4, 0.5) is 0 Å². The van der Waals surface area contributed by atoms with Crippen LogP contribution in [0, 0.1) is 0 Å². The fourth-order valence-corrected chi connectivity index (χ4v) is 6.36. The Labute approximate surface area is 346 Å². The molecule has 0 saturated carbocycles. The first-order valence-electron chi connectivity index (χ1n) is 21.8. The van der Waals surface area contributed by atoms with Crippen molar-refractivity contribution in [3.05, 3.63) is 72.9 Å². The molecule has 1 aliphatic heterocycles. The zero-order valence-electron chi connectivity index (χ0n) is 36.2. The Bertz CT molecular complexity index is 1270. The second-order valence-electron chi connectivity index (χ2n) is 15.7. The minimum atomic E-state index is -4.65. The van der Waals surface area contributed by atoms with Crippen LogP contribution in [0.3, 0.4) is 0 Å². The third-order valence-corrected chi connectivity index (χ3v) is 10.1. The Morgan fingerprint density at radius 1 is 0.667 bits per heavy atom. The van der Waals surface area contributed by atoms with Crippen LogP contribution in [-0.2, 0) is 37.4 Å². The Balaban J connectivity index is 2.35. The summed E-state index contributed by atoms with van der Waals surface area (Å²) in [5, 5.41) is 0. The molecule has 4 atom stereocenters. The molecular formula is C46H78NO9P. The quantitative estimate of drug-likeness (QED) is 0.0150. The summed E-state index contributed by atoms with van der Waals surface area (Å²) in [5.41, 5.74) is 0. The molecule has 3 unspecified atom stereocenters. The van der Waals surface area contributed by atoms with Gasteiger partial charge in [-0.25, -0.2) is 0 Å². The summed E-state index contributed by atoms with van der Waals surface area (Å²) in [6.45, 7) is 3.96. The summed E-state index contributed by atoms with van der Waals surface area (Å²) in [6, 6.07) is 0. The van der Waals surface area contributed by atoms with Crippen molar-refractivity contribution in [1.82, 2.24) is 0 Å². The van der Waals surface area contributed by atoms with E-state index in [0.29, 0.717) is 42.5 Å². The molecule has 1 aliphatic rings. The number of ether oxygens (including phenoxy) is 3. The maximum absolute atomic E-state index is 12.7. The number of phosphoric ester groups is 1. The first-order chi connectivity index (χ1) is 27.5. The number of esters is 2. The van der Waals surface area contributed by atoms with Gasteiger partial charge in [0.15, 0.2) is 6.10 Å². The zero-order chi connectivity index (χ0) is 41.9. The molecule has 0 aromatic rings. The first-order valence-corrected chi connectivity index (χ1v) is 23.2. The lowest BCUT2D eigenvalue weighted by Gasteiger charge is -2.28. The Morgan fingerprint density at radius 2 is 1.25 bits per heavy atom. The number of quaternary nitrogens is 1. The van der Waals surface area contributed by atoms with E-state index < -0.39 is 32.5 Å². The van der Waals surface area contributed by atoms with Crippen molar-refractivity contribution in [2.45, 2.75) is 161 Å². The number of epoxide rings is 1. The van der Waals surface area contributed by atoms with Crippen LogP contribution < -0.4 is 4.89 Å². The van der Waals surface area contributed by atoms with Crippen molar-refractivity contribution in [3.8, 4) is 0 Å². The third kappa shape index (κ3) is 35.1. The highest BCUT2D eigenvalue weighted by atomic mass is 31.2. The Kier molecular flexibility index (Phi) is 31.5. The molecule has 11 heteroatoms. The van der Waals surface area contributed by atoms with Gasteiger partial charge in [-0.3, -0.25) is 14.2 Å². The number of hydrogen-bond donors (Lipinski definition) is 0. The minimum Gasteiger partial charge on any atom is -0.756 e. The largest absolute Gasteiger partial charge is 0.756 e. The Morgan fingerprint density at radius 3 is 1.89 bits per heavy atom. The molecular weight excluding hydrogens is 741 g/mol. The molecule has 0 aliphatic carbocycles. The van der Waals surface area contributed by atoms with E-state index in [1.54, 1.807) is 0 Å². The number of carbonyl (C=O) groups excluding carboxylic acids is 2. The number of hydrogen-bond acceptors (Lipinski definition) is 9. The summed E-state index contributed by atoms with van der Waals surface area (Å²) in [7, 11) is 1.10. The monoisotopic (exact) mass is 820 g/mol. The van der Waals surface area contributed by atoms with Gasteiger partial charge in [-0.2, -0.15) is 0 Å². The van der Waals surface area contributed by atoms with Gasteiger partial charge in [-0.05, 0) is 77.0 Å². The van der Waals surface area contributed by atoms with E-state index >= 15 is 0 Å². The highest BCUT2D eigenvalue weighted by molar-refractivity contribution is 7.45. The lowest BCUT2D eigenvalue weighted by Crippen LogP contribution is -2.37.